The molecular formula is C48H33N3O. The summed E-state index contributed by atoms with van der Waals surface area (Å²) in [5.41, 5.74) is 14.3. The molecule has 4 nitrogen and oxygen atoms in total. The van der Waals surface area contributed by atoms with Gasteiger partial charge < -0.3 is 4.42 Å². The van der Waals surface area contributed by atoms with Gasteiger partial charge in [-0.15, -0.1) is 0 Å². The fourth-order valence-corrected chi connectivity index (χ4v) is 7.81. The van der Waals surface area contributed by atoms with Crippen molar-refractivity contribution in [2.24, 2.45) is 0 Å². The van der Waals surface area contributed by atoms with E-state index < -0.39 is 0 Å². The molecule has 9 aromatic rings. The molecule has 52 heavy (non-hydrogen) atoms. The number of benzene rings is 7. The summed E-state index contributed by atoms with van der Waals surface area (Å²) in [6.07, 6.45) is 0. The zero-order chi connectivity index (χ0) is 34.8. The van der Waals surface area contributed by atoms with E-state index in [0.717, 1.165) is 55.3 Å². The van der Waals surface area contributed by atoms with Crippen molar-refractivity contribution in [1.29, 1.82) is 0 Å². The van der Waals surface area contributed by atoms with Crippen LogP contribution in [0.1, 0.15) is 25.0 Å². The van der Waals surface area contributed by atoms with E-state index in [4.69, 9.17) is 19.4 Å². The maximum Gasteiger partial charge on any atom is 0.164 e. The molecule has 0 radical (unpaired) electrons. The second-order valence-corrected chi connectivity index (χ2v) is 14.0. The minimum atomic E-state index is -0.0847. The topological polar surface area (TPSA) is 51.8 Å². The van der Waals surface area contributed by atoms with Crippen LogP contribution in [-0.4, -0.2) is 15.0 Å². The monoisotopic (exact) mass is 667 g/mol. The minimum absolute atomic E-state index is 0.0847. The van der Waals surface area contributed by atoms with Crippen molar-refractivity contribution < 1.29 is 4.42 Å². The number of para-hydroxylation sites is 1. The molecule has 0 saturated carbocycles. The Morgan fingerprint density at radius 3 is 1.54 bits per heavy atom. The van der Waals surface area contributed by atoms with Crippen molar-refractivity contribution in [3.05, 3.63) is 175 Å². The lowest BCUT2D eigenvalue weighted by atomic mass is 9.82. The third-order valence-electron chi connectivity index (χ3n) is 10.6. The SMILES string of the molecule is CC1(C)c2ccccc2-c2cc3c(cc21)oc1c(-c2ccc(-c4nc(-c5ccccc5)nc(-c5ccc(-c6ccccc6)cc5)n4)cc2)cccc13. The molecule has 0 spiro atoms. The summed E-state index contributed by atoms with van der Waals surface area (Å²) in [5.74, 6) is 1.90. The van der Waals surface area contributed by atoms with Gasteiger partial charge in [0.05, 0.1) is 0 Å². The molecule has 0 saturated heterocycles. The Morgan fingerprint density at radius 2 is 0.885 bits per heavy atom. The summed E-state index contributed by atoms with van der Waals surface area (Å²) in [5, 5.41) is 2.26. The van der Waals surface area contributed by atoms with Crippen LogP contribution in [-0.2, 0) is 5.41 Å². The zero-order valence-electron chi connectivity index (χ0n) is 28.8. The van der Waals surface area contributed by atoms with Crippen LogP contribution < -0.4 is 0 Å². The van der Waals surface area contributed by atoms with E-state index in [1.807, 2.05) is 36.4 Å². The first-order valence-electron chi connectivity index (χ1n) is 17.7. The maximum atomic E-state index is 6.70. The van der Waals surface area contributed by atoms with Gasteiger partial charge in [-0.2, -0.15) is 0 Å². The van der Waals surface area contributed by atoms with E-state index in [1.54, 1.807) is 0 Å². The highest BCUT2D eigenvalue weighted by atomic mass is 16.3. The molecule has 7 aromatic carbocycles. The standard InChI is InChI=1S/C48H33N3O/c1-48(2)41-19-10-9-16-37(41)39-28-40-38-18-11-17-36(44(38)52-43(40)29-42(39)48)32-22-26-35(27-23-32)47-50-45(33-14-7-4-8-15-33)49-46(51-47)34-24-20-31(21-25-34)30-12-5-3-6-13-30/h3-29H,1-2H3. The van der Waals surface area contributed by atoms with Crippen molar-refractivity contribution in [3.63, 3.8) is 0 Å². The number of aromatic nitrogens is 3. The molecule has 4 heteroatoms. The van der Waals surface area contributed by atoms with E-state index in [2.05, 4.69) is 141 Å². The number of fused-ring (bicyclic) bond motifs is 6. The minimum Gasteiger partial charge on any atom is -0.455 e. The Hall–Kier alpha value is -6.65. The molecule has 0 unspecified atom stereocenters. The fraction of sp³-hybridized carbons (Fsp3) is 0.0625. The molecule has 1 aliphatic rings. The van der Waals surface area contributed by atoms with E-state index in [0.29, 0.717) is 17.5 Å². The summed E-state index contributed by atoms with van der Waals surface area (Å²) >= 11 is 0. The third kappa shape index (κ3) is 4.87. The Bertz CT molecular complexity index is 2780. The average molecular weight is 668 g/mol. The number of nitrogens with zero attached hydrogens (tertiary/aromatic N) is 3. The van der Waals surface area contributed by atoms with E-state index in [9.17, 15) is 0 Å². The van der Waals surface area contributed by atoms with Crippen molar-refractivity contribution in [2.75, 3.05) is 0 Å². The van der Waals surface area contributed by atoms with Gasteiger partial charge in [0, 0.05) is 38.4 Å². The summed E-state index contributed by atoms with van der Waals surface area (Å²) in [6.45, 7) is 4.61. The van der Waals surface area contributed by atoms with Gasteiger partial charge in [0.25, 0.3) is 0 Å². The predicted molar refractivity (Wildman–Crippen MR) is 212 cm³/mol. The summed E-state index contributed by atoms with van der Waals surface area (Å²) < 4.78 is 6.70. The molecular weight excluding hydrogens is 635 g/mol. The molecule has 246 valence electrons. The smallest absolute Gasteiger partial charge is 0.164 e. The van der Waals surface area contributed by atoms with Crippen molar-refractivity contribution >= 4 is 21.9 Å². The van der Waals surface area contributed by atoms with Gasteiger partial charge >= 0.3 is 0 Å². The van der Waals surface area contributed by atoms with Crippen molar-refractivity contribution in [3.8, 4) is 67.5 Å². The molecule has 0 N–H and O–H groups in total. The van der Waals surface area contributed by atoms with Gasteiger partial charge in [0.2, 0.25) is 0 Å². The molecule has 0 fully saturated rings. The third-order valence-corrected chi connectivity index (χ3v) is 10.6. The number of rotatable bonds is 5. The lowest BCUT2D eigenvalue weighted by Crippen LogP contribution is -2.14. The lowest BCUT2D eigenvalue weighted by molar-refractivity contribution is 0.648. The fourth-order valence-electron chi connectivity index (χ4n) is 7.81. The summed E-state index contributed by atoms with van der Waals surface area (Å²) in [7, 11) is 0. The molecule has 0 aliphatic heterocycles. The van der Waals surface area contributed by atoms with E-state index in [1.165, 1.54) is 27.8 Å². The molecule has 2 aromatic heterocycles. The molecule has 0 amide bonds. The quantitative estimate of drug-likeness (QED) is 0.183. The van der Waals surface area contributed by atoms with Crippen LogP contribution in [0.15, 0.2) is 168 Å². The first kappa shape index (κ1) is 30.2. The van der Waals surface area contributed by atoms with Gasteiger partial charge in [-0.05, 0) is 51.1 Å². The van der Waals surface area contributed by atoms with Crippen LogP contribution in [0.5, 0.6) is 0 Å². The number of furan rings is 1. The van der Waals surface area contributed by atoms with Gasteiger partial charge in [-0.3, -0.25) is 0 Å². The Morgan fingerprint density at radius 1 is 0.385 bits per heavy atom. The first-order chi connectivity index (χ1) is 25.5. The maximum absolute atomic E-state index is 6.70. The molecule has 2 heterocycles. The van der Waals surface area contributed by atoms with Crippen LogP contribution in [0.3, 0.4) is 0 Å². The number of hydrogen-bond donors (Lipinski definition) is 0. The second kappa shape index (κ2) is 11.7. The Labute approximate surface area is 302 Å². The molecule has 0 atom stereocenters. The Balaban J connectivity index is 1.04. The van der Waals surface area contributed by atoms with Gasteiger partial charge in [-0.1, -0.05) is 166 Å². The second-order valence-electron chi connectivity index (χ2n) is 14.0. The zero-order valence-corrected chi connectivity index (χ0v) is 28.8. The highest BCUT2D eigenvalue weighted by molar-refractivity contribution is 6.11. The van der Waals surface area contributed by atoms with Gasteiger partial charge in [0.15, 0.2) is 17.5 Å². The van der Waals surface area contributed by atoms with Gasteiger partial charge in [-0.25, -0.2) is 15.0 Å². The summed E-state index contributed by atoms with van der Waals surface area (Å²) in [4.78, 5) is 14.9. The Kier molecular flexibility index (Phi) is 6.80. The highest BCUT2D eigenvalue weighted by Gasteiger charge is 2.36. The van der Waals surface area contributed by atoms with Crippen LogP contribution in [0, 0.1) is 0 Å². The number of hydrogen-bond acceptors (Lipinski definition) is 4. The van der Waals surface area contributed by atoms with E-state index in [-0.39, 0.29) is 5.41 Å². The van der Waals surface area contributed by atoms with Crippen LogP contribution in [0.25, 0.3) is 89.5 Å². The van der Waals surface area contributed by atoms with E-state index >= 15 is 0 Å². The van der Waals surface area contributed by atoms with Crippen LogP contribution >= 0.6 is 0 Å². The lowest BCUT2D eigenvalue weighted by Gasteiger charge is -2.21. The molecule has 10 rings (SSSR count). The van der Waals surface area contributed by atoms with Crippen LogP contribution in [0.2, 0.25) is 0 Å². The highest BCUT2D eigenvalue weighted by Crippen LogP contribution is 2.51. The average Bonchev–Trinajstić information content (AvgIpc) is 3.69. The van der Waals surface area contributed by atoms with Crippen molar-refractivity contribution in [1.82, 2.24) is 15.0 Å². The normalized spacial score (nSPS) is 13.0. The largest absolute Gasteiger partial charge is 0.455 e. The van der Waals surface area contributed by atoms with Crippen LogP contribution in [0.4, 0.5) is 0 Å². The molecule has 0 bridgehead atoms. The van der Waals surface area contributed by atoms with Gasteiger partial charge in [0.1, 0.15) is 11.2 Å². The molecule has 1 aliphatic carbocycles. The summed E-state index contributed by atoms with van der Waals surface area (Å²) in [6, 6.07) is 57.1. The van der Waals surface area contributed by atoms with Crippen molar-refractivity contribution in [2.45, 2.75) is 19.3 Å². The predicted octanol–water partition coefficient (Wildman–Crippen LogP) is 12.4. The first-order valence-corrected chi connectivity index (χ1v) is 17.7.